The molecule has 8 nitrogen and oxygen atoms in total. The van der Waals surface area contributed by atoms with Crippen LogP contribution in [0.1, 0.15) is 41.3 Å². The van der Waals surface area contributed by atoms with Gasteiger partial charge in [-0.15, -0.1) is 0 Å². The van der Waals surface area contributed by atoms with E-state index in [1.807, 2.05) is 68.4 Å². The van der Waals surface area contributed by atoms with E-state index in [9.17, 15) is 4.79 Å². The van der Waals surface area contributed by atoms with Crippen molar-refractivity contribution in [3.8, 4) is 22.4 Å². The lowest BCUT2D eigenvalue weighted by Crippen LogP contribution is -2.31. The number of hydrogen-bond donors (Lipinski definition) is 2. The molecule has 2 aromatic carbocycles. The van der Waals surface area contributed by atoms with Crippen molar-refractivity contribution >= 4 is 12.4 Å². The van der Waals surface area contributed by atoms with E-state index >= 15 is 0 Å². The lowest BCUT2D eigenvalue weighted by molar-refractivity contribution is 0.327. The van der Waals surface area contributed by atoms with Crippen molar-refractivity contribution in [1.29, 1.82) is 0 Å². The molecule has 3 N–H and O–H groups in total. The molecule has 4 aromatic rings. The second-order valence-electron chi connectivity index (χ2n) is 10.1. The van der Waals surface area contributed by atoms with Crippen molar-refractivity contribution in [1.82, 2.24) is 24.9 Å². The van der Waals surface area contributed by atoms with Gasteiger partial charge in [0, 0.05) is 24.0 Å². The molecule has 5 rings (SSSR count). The Bertz CT molecular complexity index is 1520. The number of benzene rings is 2. The number of carbonyl (C=O) groups is 1. The van der Waals surface area contributed by atoms with Crippen LogP contribution in [-0.2, 0) is 11.3 Å². The monoisotopic (exact) mass is 521 g/mol. The van der Waals surface area contributed by atoms with E-state index in [1.54, 1.807) is 0 Å². The molecule has 8 heteroatoms. The van der Waals surface area contributed by atoms with E-state index in [1.165, 1.54) is 15.7 Å². The van der Waals surface area contributed by atoms with E-state index in [4.69, 9.17) is 10.8 Å². The third-order valence-corrected chi connectivity index (χ3v) is 7.18. The van der Waals surface area contributed by atoms with Gasteiger partial charge in [0.2, 0.25) is 12.4 Å². The molecule has 1 fully saturated rings. The average molecular weight is 522 g/mol. The summed E-state index contributed by atoms with van der Waals surface area (Å²) in [6, 6.07) is 22.4. The number of carbonyl (C=O) groups excluding carboxylic acids is 1. The highest BCUT2D eigenvalue weighted by Gasteiger charge is 2.20. The Hall–Kier alpha value is -4.30. The zero-order valence-electron chi connectivity index (χ0n) is 22.8. The normalized spacial score (nSPS) is 14.4. The smallest absolute Gasteiger partial charge is 0.222 e. The first kappa shape index (κ1) is 26.3. The molecule has 0 bridgehead atoms. The van der Waals surface area contributed by atoms with Crippen LogP contribution in [-0.4, -0.2) is 46.1 Å². The second kappa shape index (κ2) is 11.6. The first-order valence-electron chi connectivity index (χ1n) is 13.4. The minimum atomic E-state index is 0.0809. The number of nitrogen functional groups attached to an aromatic ring is 1. The molecule has 39 heavy (non-hydrogen) atoms. The number of rotatable bonds is 7. The van der Waals surface area contributed by atoms with Gasteiger partial charge in [-0.3, -0.25) is 14.8 Å². The van der Waals surface area contributed by atoms with Gasteiger partial charge >= 0.3 is 0 Å². The number of nitrogens with zero attached hydrogens (tertiary/aromatic N) is 5. The predicted octanol–water partition coefficient (Wildman–Crippen LogP) is 4.26. The van der Waals surface area contributed by atoms with Crippen molar-refractivity contribution < 1.29 is 4.79 Å². The molecule has 0 atom stereocenters. The molecule has 1 aliphatic rings. The van der Waals surface area contributed by atoms with E-state index < -0.39 is 0 Å². The zero-order valence-corrected chi connectivity index (χ0v) is 22.8. The van der Waals surface area contributed by atoms with Gasteiger partial charge in [0.15, 0.2) is 5.49 Å². The fourth-order valence-corrected chi connectivity index (χ4v) is 5.46. The third kappa shape index (κ3) is 5.76. The number of pyridine rings is 1. The van der Waals surface area contributed by atoms with Crippen LogP contribution >= 0.6 is 0 Å². The van der Waals surface area contributed by atoms with E-state index in [-0.39, 0.29) is 5.95 Å². The molecule has 0 spiro atoms. The first-order valence-corrected chi connectivity index (χ1v) is 13.4. The van der Waals surface area contributed by atoms with Gasteiger partial charge in [-0.1, -0.05) is 54.6 Å². The van der Waals surface area contributed by atoms with Gasteiger partial charge in [0.25, 0.3) is 0 Å². The summed E-state index contributed by atoms with van der Waals surface area (Å²) < 4.78 is 1.32. The van der Waals surface area contributed by atoms with Gasteiger partial charge in [-0.25, -0.2) is 9.55 Å². The number of hydrogen-bond acceptors (Lipinski definition) is 7. The van der Waals surface area contributed by atoms with Gasteiger partial charge < -0.3 is 11.1 Å². The first-order chi connectivity index (χ1) is 18.9. The SMILES string of the molecule is Cc1cc(-c2c(-c3ccccc3)nc(N)n(C=O)/c2=N\N(C)Cc2ccccc2C2CCNCC2)cc(C)n1. The Kier molecular flexibility index (Phi) is 7.84. The molecule has 1 saturated heterocycles. The molecule has 3 heterocycles. The minimum Gasteiger partial charge on any atom is -0.369 e. The van der Waals surface area contributed by atoms with Gasteiger partial charge in [0.05, 0.1) is 17.8 Å². The van der Waals surface area contributed by atoms with Gasteiger partial charge in [-0.2, -0.15) is 5.10 Å². The molecule has 0 radical (unpaired) electrons. The summed E-state index contributed by atoms with van der Waals surface area (Å²) in [7, 11) is 1.93. The summed E-state index contributed by atoms with van der Waals surface area (Å²) in [6.07, 6.45) is 2.92. The van der Waals surface area contributed by atoms with Crippen molar-refractivity contribution in [3.63, 3.8) is 0 Å². The Labute approximate surface area is 229 Å². The average Bonchev–Trinajstić information content (AvgIpc) is 2.93. The van der Waals surface area contributed by atoms with Crippen molar-refractivity contribution in [2.24, 2.45) is 5.10 Å². The van der Waals surface area contributed by atoms with Crippen LogP contribution in [0.4, 0.5) is 5.95 Å². The third-order valence-electron chi connectivity index (χ3n) is 7.18. The van der Waals surface area contributed by atoms with Crippen molar-refractivity contribution in [2.75, 3.05) is 25.9 Å². The number of anilines is 1. The topological polar surface area (TPSA) is 101 Å². The van der Waals surface area contributed by atoms with Gasteiger partial charge in [-0.05, 0) is 74.5 Å². The van der Waals surface area contributed by atoms with Crippen LogP contribution in [0, 0.1) is 13.8 Å². The van der Waals surface area contributed by atoms with Crippen molar-refractivity contribution in [2.45, 2.75) is 39.2 Å². The molecule has 0 saturated carbocycles. The Balaban J connectivity index is 1.68. The van der Waals surface area contributed by atoms with Crippen LogP contribution in [0.2, 0.25) is 0 Å². The predicted molar refractivity (Wildman–Crippen MR) is 155 cm³/mol. The summed E-state index contributed by atoms with van der Waals surface area (Å²) in [6.45, 7) is 6.57. The number of piperidine rings is 1. The highest BCUT2D eigenvalue weighted by molar-refractivity contribution is 5.82. The second-order valence-corrected chi connectivity index (χ2v) is 10.1. The van der Waals surface area contributed by atoms with Crippen LogP contribution in [0.3, 0.4) is 0 Å². The van der Waals surface area contributed by atoms with Crippen LogP contribution in [0.15, 0.2) is 71.8 Å². The van der Waals surface area contributed by atoms with Crippen LogP contribution in [0.25, 0.3) is 22.4 Å². The number of nitrogens with one attached hydrogen (secondary N) is 1. The molecule has 0 unspecified atom stereocenters. The van der Waals surface area contributed by atoms with Crippen LogP contribution in [0.5, 0.6) is 0 Å². The Morgan fingerprint density at radius 3 is 2.36 bits per heavy atom. The fraction of sp³-hybridized carbons (Fsp3) is 0.290. The summed E-state index contributed by atoms with van der Waals surface area (Å²) in [4.78, 5) is 21.6. The number of aryl methyl sites for hydroxylation is 2. The van der Waals surface area contributed by atoms with E-state index in [0.29, 0.717) is 30.1 Å². The summed E-state index contributed by atoms with van der Waals surface area (Å²) in [5.74, 6) is 0.604. The molecule has 1 aliphatic heterocycles. The summed E-state index contributed by atoms with van der Waals surface area (Å²) in [5.41, 5.74) is 14.3. The Morgan fingerprint density at radius 1 is 1.00 bits per heavy atom. The molecular formula is C31H35N7O. The quantitative estimate of drug-likeness (QED) is 0.278. The highest BCUT2D eigenvalue weighted by Crippen LogP contribution is 2.30. The summed E-state index contributed by atoms with van der Waals surface area (Å²) in [5, 5.41) is 10.3. The summed E-state index contributed by atoms with van der Waals surface area (Å²) >= 11 is 0. The number of nitrogens with two attached hydrogens (primary N) is 1. The lowest BCUT2D eigenvalue weighted by Gasteiger charge is -2.26. The maximum Gasteiger partial charge on any atom is 0.222 e. The Morgan fingerprint density at radius 2 is 1.67 bits per heavy atom. The minimum absolute atomic E-state index is 0.0809. The van der Waals surface area contributed by atoms with Crippen molar-refractivity contribution in [3.05, 3.63) is 94.7 Å². The lowest BCUT2D eigenvalue weighted by atomic mass is 9.87. The molecule has 0 amide bonds. The molecule has 200 valence electrons. The maximum absolute atomic E-state index is 12.4. The van der Waals surface area contributed by atoms with E-state index in [0.717, 1.165) is 54.0 Å². The van der Waals surface area contributed by atoms with Gasteiger partial charge in [0.1, 0.15) is 0 Å². The molecular weight excluding hydrogens is 486 g/mol. The molecule has 2 aromatic heterocycles. The zero-order chi connectivity index (χ0) is 27.4. The number of aromatic nitrogens is 3. The fourth-order valence-electron chi connectivity index (χ4n) is 5.46. The largest absolute Gasteiger partial charge is 0.369 e. The highest BCUT2D eigenvalue weighted by atomic mass is 16.1. The van der Waals surface area contributed by atoms with Crippen LogP contribution < -0.4 is 16.5 Å². The standard InChI is InChI=1S/C31H35N7O/c1-21-17-26(18-22(2)34-21)28-29(24-9-5-4-6-10-24)35-31(32)38(20-39)30(28)36-37(3)19-25-11-7-8-12-27(25)23-13-15-33-16-14-23/h4-12,17-18,20,23,33H,13-16,19H2,1-3H3,(H2,32,35)/b36-30-. The maximum atomic E-state index is 12.4. The molecule has 0 aliphatic carbocycles. The van der Waals surface area contributed by atoms with E-state index in [2.05, 4.69) is 39.6 Å².